The number of piperidine rings is 1. The number of aryl methyl sites for hydroxylation is 1. The Labute approximate surface area is 152 Å². The molecule has 1 aliphatic heterocycles. The standard InChI is InChI=1S/C18H28N6O2/c1-21-15-14(16(25)22(2)18(21)26)24(10-12-6-3-4-7-12)17(20-15)23-9-5-8-13(19)11-23/h12-13H,3-11,19H2,1-2H3. The molecule has 8 heteroatoms. The van der Waals surface area contributed by atoms with E-state index in [0.29, 0.717) is 17.1 Å². The van der Waals surface area contributed by atoms with Gasteiger partial charge in [-0.05, 0) is 31.6 Å². The molecule has 1 saturated carbocycles. The van der Waals surface area contributed by atoms with Gasteiger partial charge in [-0.1, -0.05) is 12.8 Å². The van der Waals surface area contributed by atoms with Crippen LogP contribution in [-0.4, -0.2) is 37.8 Å². The zero-order valence-electron chi connectivity index (χ0n) is 15.6. The first-order chi connectivity index (χ1) is 12.5. The molecule has 0 aromatic carbocycles. The molecule has 26 heavy (non-hydrogen) atoms. The molecule has 1 unspecified atom stereocenters. The van der Waals surface area contributed by atoms with E-state index < -0.39 is 0 Å². The normalized spacial score (nSPS) is 21.8. The molecule has 1 aliphatic carbocycles. The summed E-state index contributed by atoms with van der Waals surface area (Å²) in [5, 5.41) is 0. The maximum Gasteiger partial charge on any atom is 0.332 e. The molecule has 8 nitrogen and oxygen atoms in total. The molecular formula is C18H28N6O2. The molecule has 3 heterocycles. The number of hydrogen-bond donors (Lipinski definition) is 1. The van der Waals surface area contributed by atoms with Crippen molar-refractivity contribution >= 4 is 17.1 Å². The number of anilines is 1. The lowest BCUT2D eigenvalue weighted by Crippen LogP contribution is -2.44. The van der Waals surface area contributed by atoms with Gasteiger partial charge in [0.05, 0.1) is 0 Å². The number of hydrogen-bond acceptors (Lipinski definition) is 5. The Bertz CT molecular complexity index is 934. The molecule has 0 bridgehead atoms. The fourth-order valence-corrected chi connectivity index (χ4v) is 4.49. The number of imidazole rings is 1. The Morgan fingerprint density at radius 2 is 1.81 bits per heavy atom. The summed E-state index contributed by atoms with van der Waals surface area (Å²) >= 11 is 0. The van der Waals surface area contributed by atoms with Crippen LogP contribution >= 0.6 is 0 Å². The van der Waals surface area contributed by atoms with Crippen molar-refractivity contribution in [1.29, 1.82) is 0 Å². The molecule has 2 aromatic heterocycles. The number of nitrogens with two attached hydrogens (primary N) is 1. The van der Waals surface area contributed by atoms with E-state index in [2.05, 4.69) is 9.47 Å². The minimum atomic E-state index is -0.338. The second-order valence-electron chi connectivity index (χ2n) is 7.90. The van der Waals surface area contributed by atoms with Crippen molar-refractivity contribution in [3.63, 3.8) is 0 Å². The second kappa shape index (κ2) is 6.57. The number of nitrogens with zero attached hydrogens (tertiary/aromatic N) is 5. The molecule has 2 N–H and O–H groups in total. The summed E-state index contributed by atoms with van der Waals surface area (Å²) in [5.41, 5.74) is 6.59. The molecule has 0 amide bonds. The third-order valence-corrected chi connectivity index (χ3v) is 5.98. The molecule has 2 aliphatic rings. The van der Waals surface area contributed by atoms with Crippen LogP contribution in [0, 0.1) is 5.92 Å². The van der Waals surface area contributed by atoms with E-state index in [0.717, 1.165) is 38.4 Å². The first-order valence-electron chi connectivity index (χ1n) is 9.64. The van der Waals surface area contributed by atoms with Gasteiger partial charge in [-0.2, -0.15) is 4.98 Å². The van der Waals surface area contributed by atoms with E-state index in [4.69, 9.17) is 10.7 Å². The summed E-state index contributed by atoms with van der Waals surface area (Å²) in [6.07, 6.45) is 6.90. The van der Waals surface area contributed by atoms with Crippen LogP contribution in [0.3, 0.4) is 0 Å². The summed E-state index contributed by atoms with van der Waals surface area (Å²) in [6.45, 7) is 2.41. The average molecular weight is 360 g/mol. The predicted octanol–water partition coefficient (Wildman–Crippen LogP) is 0.551. The monoisotopic (exact) mass is 360 g/mol. The van der Waals surface area contributed by atoms with E-state index in [-0.39, 0.29) is 17.3 Å². The summed E-state index contributed by atoms with van der Waals surface area (Å²) in [7, 11) is 3.22. The number of rotatable bonds is 3. The third kappa shape index (κ3) is 2.76. The van der Waals surface area contributed by atoms with Crippen molar-refractivity contribution < 1.29 is 0 Å². The SMILES string of the molecule is Cn1c(=O)c2c(nc(N3CCCC(N)C3)n2CC2CCCC2)n(C)c1=O. The predicted molar refractivity (Wildman–Crippen MR) is 102 cm³/mol. The van der Waals surface area contributed by atoms with Crippen LogP contribution < -0.4 is 21.9 Å². The Morgan fingerprint density at radius 1 is 1.08 bits per heavy atom. The lowest BCUT2D eigenvalue weighted by Gasteiger charge is -2.32. The van der Waals surface area contributed by atoms with Gasteiger partial charge in [0, 0.05) is 39.8 Å². The van der Waals surface area contributed by atoms with Crippen molar-refractivity contribution in [3.05, 3.63) is 20.8 Å². The Hall–Kier alpha value is -2.09. The Kier molecular flexibility index (Phi) is 4.38. The van der Waals surface area contributed by atoms with Crippen LogP contribution in [0.5, 0.6) is 0 Å². The van der Waals surface area contributed by atoms with Crippen LogP contribution in [0.1, 0.15) is 38.5 Å². The lowest BCUT2D eigenvalue weighted by molar-refractivity contribution is 0.448. The lowest BCUT2D eigenvalue weighted by atomic mass is 10.1. The largest absolute Gasteiger partial charge is 0.341 e. The minimum Gasteiger partial charge on any atom is -0.341 e. The maximum absolute atomic E-state index is 12.9. The van der Waals surface area contributed by atoms with E-state index in [1.807, 2.05) is 0 Å². The highest BCUT2D eigenvalue weighted by molar-refractivity contribution is 5.74. The van der Waals surface area contributed by atoms with Gasteiger partial charge in [0.2, 0.25) is 5.95 Å². The first kappa shape index (κ1) is 17.3. The highest BCUT2D eigenvalue weighted by Gasteiger charge is 2.27. The van der Waals surface area contributed by atoms with E-state index in [9.17, 15) is 9.59 Å². The topological polar surface area (TPSA) is 91.1 Å². The molecule has 4 rings (SSSR count). The minimum absolute atomic E-state index is 0.121. The van der Waals surface area contributed by atoms with Crippen LogP contribution in [0.4, 0.5) is 5.95 Å². The van der Waals surface area contributed by atoms with Gasteiger partial charge in [0.1, 0.15) is 0 Å². The van der Waals surface area contributed by atoms with Crippen molar-refractivity contribution in [2.75, 3.05) is 18.0 Å². The molecule has 142 valence electrons. The van der Waals surface area contributed by atoms with Crippen LogP contribution in [-0.2, 0) is 20.6 Å². The van der Waals surface area contributed by atoms with Crippen LogP contribution in [0.25, 0.3) is 11.2 Å². The van der Waals surface area contributed by atoms with E-state index >= 15 is 0 Å². The summed E-state index contributed by atoms with van der Waals surface area (Å²) < 4.78 is 4.72. The van der Waals surface area contributed by atoms with Crippen molar-refractivity contribution in [3.8, 4) is 0 Å². The van der Waals surface area contributed by atoms with Gasteiger partial charge in [-0.25, -0.2) is 4.79 Å². The number of fused-ring (bicyclic) bond motifs is 1. The van der Waals surface area contributed by atoms with Crippen LogP contribution in [0.2, 0.25) is 0 Å². The summed E-state index contributed by atoms with van der Waals surface area (Å²) in [6, 6.07) is 0.121. The Balaban J connectivity index is 1.91. The zero-order valence-corrected chi connectivity index (χ0v) is 15.6. The highest BCUT2D eigenvalue weighted by Crippen LogP contribution is 2.30. The molecule has 2 aromatic rings. The summed E-state index contributed by atoms with van der Waals surface area (Å²) in [5.74, 6) is 1.35. The van der Waals surface area contributed by atoms with E-state index in [1.165, 1.54) is 41.9 Å². The quantitative estimate of drug-likeness (QED) is 0.863. The molecular weight excluding hydrogens is 332 g/mol. The fourth-order valence-electron chi connectivity index (χ4n) is 4.49. The number of aromatic nitrogens is 4. The van der Waals surface area contributed by atoms with Crippen LogP contribution in [0.15, 0.2) is 9.59 Å². The Morgan fingerprint density at radius 3 is 2.50 bits per heavy atom. The van der Waals surface area contributed by atoms with Crippen molar-refractivity contribution in [1.82, 2.24) is 18.7 Å². The maximum atomic E-state index is 12.9. The van der Waals surface area contributed by atoms with Gasteiger partial charge in [-0.15, -0.1) is 0 Å². The van der Waals surface area contributed by atoms with Gasteiger partial charge < -0.3 is 15.2 Å². The zero-order chi connectivity index (χ0) is 18.4. The van der Waals surface area contributed by atoms with E-state index in [1.54, 1.807) is 7.05 Å². The van der Waals surface area contributed by atoms with Gasteiger partial charge in [0.15, 0.2) is 11.2 Å². The molecule has 1 saturated heterocycles. The molecule has 0 radical (unpaired) electrons. The highest BCUT2D eigenvalue weighted by atomic mass is 16.2. The molecule has 0 spiro atoms. The summed E-state index contributed by atoms with van der Waals surface area (Å²) in [4.78, 5) is 32.2. The smallest absolute Gasteiger partial charge is 0.332 e. The fraction of sp³-hybridized carbons (Fsp3) is 0.722. The van der Waals surface area contributed by atoms with Gasteiger partial charge in [-0.3, -0.25) is 13.9 Å². The third-order valence-electron chi connectivity index (χ3n) is 5.98. The van der Waals surface area contributed by atoms with Crippen molar-refractivity contribution in [2.24, 2.45) is 25.7 Å². The van der Waals surface area contributed by atoms with Gasteiger partial charge >= 0.3 is 5.69 Å². The van der Waals surface area contributed by atoms with Gasteiger partial charge in [0.25, 0.3) is 5.56 Å². The molecule has 2 fully saturated rings. The van der Waals surface area contributed by atoms with Crippen molar-refractivity contribution in [2.45, 2.75) is 51.1 Å². The molecule has 1 atom stereocenters. The second-order valence-corrected chi connectivity index (χ2v) is 7.90. The average Bonchev–Trinajstić information content (AvgIpc) is 3.26. The first-order valence-corrected chi connectivity index (χ1v) is 9.64.